The van der Waals surface area contributed by atoms with Crippen LogP contribution in [0.2, 0.25) is 5.02 Å². The molecular formula is C20H15ClF2N2. The third-order valence-corrected chi connectivity index (χ3v) is 5.38. The van der Waals surface area contributed by atoms with Crippen molar-refractivity contribution in [1.82, 2.24) is 8.97 Å². The SMILES string of the molecule is Fc1ccc2c(c1F)n1c3c(c(-c4ccc(Cl)cc4)cn23)CCCC1. The third kappa shape index (κ3) is 2.07. The van der Waals surface area contributed by atoms with E-state index in [0.717, 1.165) is 36.0 Å². The zero-order valence-corrected chi connectivity index (χ0v) is 14.2. The molecule has 2 aromatic heterocycles. The summed E-state index contributed by atoms with van der Waals surface area (Å²) in [6, 6.07) is 10.6. The van der Waals surface area contributed by atoms with E-state index in [2.05, 4.69) is 0 Å². The van der Waals surface area contributed by atoms with Crippen LogP contribution in [0.5, 0.6) is 0 Å². The molecule has 4 aromatic rings. The van der Waals surface area contributed by atoms with Gasteiger partial charge in [0.2, 0.25) is 0 Å². The molecule has 5 rings (SSSR count). The summed E-state index contributed by atoms with van der Waals surface area (Å²) in [6.07, 6.45) is 4.94. The van der Waals surface area contributed by atoms with Gasteiger partial charge in [0.1, 0.15) is 11.2 Å². The van der Waals surface area contributed by atoms with Crippen molar-refractivity contribution < 1.29 is 8.78 Å². The van der Waals surface area contributed by atoms with E-state index in [1.807, 2.05) is 39.4 Å². The highest BCUT2D eigenvalue weighted by molar-refractivity contribution is 6.30. The summed E-state index contributed by atoms with van der Waals surface area (Å²) < 4.78 is 32.2. The minimum absolute atomic E-state index is 0.362. The van der Waals surface area contributed by atoms with Crippen molar-refractivity contribution in [2.45, 2.75) is 25.8 Å². The van der Waals surface area contributed by atoms with Crippen LogP contribution >= 0.6 is 11.6 Å². The predicted octanol–water partition coefficient (Wildman–Crippen LogP) is 5.83. The third-order valence-electron chi connectivity index (χ3n) is 5.13. The molecule has 2 aromatic carbocycles. The number of nitrogens with zero attached hydrogens (tertiary/aromatic N) is 2. The molecule has 1 aliphatic heterocycles. The number of hydrogen-bond acceptors (Lipinski definition) is 0. The molecule has 3 heterocycles. The van der Waals surface area contributed by atoms with Crippen LogP contribution in [-0.2, 0) is 13.0 Å². The van der Waals surface area contributed by atoms with Crippen molar-refractivity contribution in [2.75, 3.05) is 0 Å². The summed E-state index contributed by atoms with van der Waals surface area (Å²) in [6.45, 7) is 0.699. The molecule has 0 fully saturated rings. The molecule has 0 N–H and O–H groups in total. The van der Waals surface area contributed by atoms with Crippen LogP contribution in [0.15, 0.2) is 42.6 Å². The van der Waals surface area contributed by atoms with Crippen LogP contribution in [-0.4, -0.2) is 8.97 Å². The number of hydrogen-bond donors (Lipinski definition) is 0. The van der Waals surface area contributed by atoms with Gasteiger partial charge in [0.15, 0.2) is 11.6 Å². The normalized spacial score (nSPS) is 14.4. The molecule has 126 valence electrons. The van der Waals surface area contributed by atoms with Crippen molar-refractivity contribution in [2.24, 2.45) is 0 Å². The van der Waals surface area contributed by atoms with Crippen LogP contribution < -0.4 is 0 Å². The van der Waals surface area contributed by atoms with E-state index in [4.69, 9.17) is 11.6 Å². The maximum absolute atomic E-state index is 14.5. The standard InChI is InChI=1S/C20H15ClF2N2/c21-13-6-4-12(5-7-13)15-11-25-17-9-8-16(22)18(23)19(17)24-10-2-1-3-14(15)20(24)25/h4-9,11H,1-3,10H2. The van der Waals surface area contributed by atoms with Gasteiger partial charge in [-0.1, -0.05) is 23.7 Å². The fourth-order valence-corrected chi connectivity index (χ4v) is 4.14. The summed E-state index contributed by atoms with van der Waals surface area (Å²) >= 11 is 6.02. The van der Waals surface area contributed by atoms with Gasteiger partial charge >= 0.3 is 0 Å². The van der Waals surface area contributed by atoms with Crippen LogP contribution in [0.25, 0.3) is 27.8 Å². The summed E-state index contributed by atoms with van der Waals surface area (Å²) in [5, 5.41) is 0.700. The molecule has 1 aliphatic rings. The molecule has 0 spiro atoms. The average molecular weight is 357 g/mol. The second-order valence-electron chi connectivity index (χ2n) is 6.56. The Morgan fingerprint density at radius 2 is 1.76 bits per heavy atom. The monoisotopic (exact) mass is 356 g/mol. The van der Waals surface area contributed by atoms with E-state index in [1.165, 1.54) is 11.6 Å². The molecule has 0 saturated carbocycles. The number of benzene rings is 2. The lowest BCUT2D eigenvalue weighted by atomic mass is 10.0. The number of rotatable bonds is 1. The first-order chi connectivity index (χ1) is 12.1. The molecule has 25 heavy (non-hydrogen) atoms. The summed E-state index contributed by atoms with van der Waals surface area (Å²) in [7, 11) is 0. The molecule has 0 saturated heterocycles. The highest BCUT2D eigenvalue weighted by Gasteiger charge is 2.24. The Morgan fingerprint density at radius 3 is 2.56 bits per heavy atom. The van der Waals surface area contributed by atoms with Crippen molar-refractivity contribution in [3.63, 3.8) is 0 Å². The van der Waals surface area contributed by atoms with E-state index in [-0.39, 0.29) is 0 Å². The fraction of sp³-hybridized carbons (Fsp3) is 0.200. The van der Waals surface area contributed by atoms with Crippen molar-refractivity contribution in [1.29, 1.82) is 0 Å². The largest absolute Gasteiger partial charge is 0.323 e. The molecule has 5 heteroatoms. The number of aryl methyl sites for hydroxylation is 2. The Bertz CT molecular complexity index is 1120. The maximum atomic E-state index is 14.5. The van der Waals surface area contributed by atoms with Gasteiger partial charge in [-0.25, -0.2) is 8.78 Å². The highest BCUT2D eigenvalue weighted by atomic mass is 35.5. The molecule has 0 unspecified atom stereocenters. The lowest BCUT2D eigenvalue weighted by Gasteiger charge is -2.05. The number of imidazole rings is 1. The number of fused-ring (bicyclic) bond motifs is 3. The minimum atomic E-state index is -0.798. The first kappa shape index (κ1) is 15.0. The lowest BCUT2D eigenvalue weighted by Crippen LogP contribution is -1.99. The van der Waals surface area contributed by atoms with Crippen LogP contribution in [0, 0.1) is 11.6 Å². The van der Waals surface area contributed by atoms with Crippen molar-refractivity contribution >= 4 is 28.3 Å². The zero-order valence-electron chi connectivity index (χ0n) is 13.4. The maximum Gasteiger partial charge on any atom is 0.184 e. The Morgan fingerprint density at radius 1 is 0.960 bits per heavy atom. The predicted molar refractivity (Wildman–Crippen MR) is 96.2 cm³/mol. The summed E-state index contributed by atoms with van der Waals surface area (Å²) in [5.41, 5.74) is 5.46. The van der Waals surface area contributed by atoms with Gasteiger partial charge in [0.25, 0.3) is 0 Å². The quantitative estimate of drug-likeness (QED) is 0.406. The van der Waals surface area contributed by atoms with Gasteiger partial charge in [0.05, 0.1) is 5.52 Å². The van der Waals surface area contributed by atoms with Crippen LogP contribution in [0.3, 0.4) is 0 Å². The molecule has 0 amide bonds. The zero-order chi connectivity index (χ0) is 17.1. The molecule has 0 bridgehead atoms. The van der Waals surface area contributed by atoms with Gasteiger partial charge in [-0.3, -0.25) is 0 Å². The van der Waals surface area contributed by atoms with Gasteiger partial charge in [-0.15, -0.1) is 0 Å². The molecule has 0 atom stereocenters. The van der Waals surface area contributed by atoms with Gasteiger partial charge < -0.3 is 8.97 Å². The van der Waals surface area contributed by atoms with Gasteiger partial charge in [-0.05, 0) is 49.1 Å². The van der Waals surface area contributed by atoms with Crippen LogP contribution in [0.4, 0.5) is 8.78 Å². The molecular weight excluding hydrogens is 342 g/mol. The summed E-state index contributed by atoms with van der Waals surface area (Å²) in [4.78, 5) is 0. The minimum Gasteiger partial charge on any atom is -0.323 e. The molecule has 2 nitrogen and oxygen atoms in total. The van der Waals surface area contributed by atoms with Gasteiger partial charge in [0, 0.05) is 28.9 Å². The Hall–Kier alpha value is -2.33. The Balaban J connectivity index is 1.90. The Labute approximate surface area is 148 Å². The lowest BCUT2D eigenvalue weighted by molar-refractivity contribution is 0.510. The van der Waals surface area contributed by atoms with E-state index >= 15 is 0 Å². The topological polar surface area (TPSA) is 9.34 Å². The summed E-state index contributed by atoms with van der Waals surface area (Å²) in [5.74, 6) is -1.56. The van der Waals surface area contributed by atoms with E-state index in [1.54, 1.807) is 6.07 Å². The highest BCUT2D eigenvalue weighted by Crippen LogP contribution is 2.37. The fourth-order valence-electron chi connectivity index (χ4n) is 4.01. The van der Waals surface area contributed by atoms with E-state index in [0.29, 0.717) is 22.6 Å². The second-order valence-corrected chi connectivity index (χ2v) is 7.00. The first-order valence-corrected chi connectivity index (χ1v) is 8.79. The Kier molecular flexibility index (Phi) is 3.19. The van der Waals surface area contributed by atoms with Crippen molar-refractivity contribution in [3.05, 3.63) is 64.8 Å². The second kappa shape index (κ2) is 5.33. The average Bonchev–Trinajstić information content (AvgIpc) is 3.02. The number of aromatic nitrogens is 2. The molecule has 0 aliphatic carbocycles. The van der Waals surface area contributed by atoms with E-state index in [9.17, 15) is 8.78 Å². The number of halogens is 3. The van der Waals surface area contributed by atoms with Crippen LogP contribution in [0.1, 0.15) is 18.4 Å². The molecule has 0 radical (unpaired) electrons. The first-order valence-electron chi connectivity index (χ1n) is 8.41. The van der Waals surface area contributed by atoms with Gasteiger partial charge in [-0.2, -0.15) is 0 Å². The van der Waals surface area contributed by atoms with E-state index < -0.39 is 11.6 Å². The van der Waals surface area contributed by atoms with Crippen molar-refractivity contribution in [3.8, 4) is 11.1 Å². The smallest absolute Gasteiger partial charge is 0.184 e.